The zero-order chi connectivity index (χ0) is 20.5. The van der Waals surface area contributed by atoms with E-state index in [4.69, 9.17) is 0 Å². The average molecular weight is 376 g/mol. The van der Waals surface area contributed by atoms with Gasteiger partial charge in [0.25, 0.3) is 0 Å². The van der Waals surface area contributed by atoms with Gasteiger partial charge in [0.2, 0.25) is 0 Å². The highest BCUT2D eigenvalue weighted by Crippen LogP contribution is 2.36. The third-order valence-electron chi connectivity index (χ3n) is 4.47. The van der Waals surface area contributed by atoms with Crippen LogP contribution < -0.4 is 5.32 Å². The number of carboxylic acids is 1. The number of benzene rings is 1. The van der Waals surface area contributed by atoms with Crippen molar-refractivity contribution < 1.29 is 9.90 Å². The predicted octanol–water partition coefficient (Wildman–Crippen LogP) is 4.89. The summed E-state index contributed by atoms with van der Waals surface area (Å²) in [6.45, 7) is 10.1. The number of carbonyl (C=O) groups is 1. The van der Waals surface area contributed by atoms with Crippen molar-refractivity contribution in [3.8, 4) is 11.4 Å². The molecule has 6 nitrogen and oxygen atoms in total. The third kappa shape index (κ3) is 4.01. The SMILES string of the molecule is Cc1cc(C(=O)O)c(Nc2cnc(-c3cnccn3)c(C)c2)c(C(C)(C)C)c1. The van der Waals surface area contributed by atoms with Gasteiger partial charge in [0, 0.05) is 12.4 Å². The normalized spacial score (nSPS) is 11.3. The number of rotatable bonds is 4. The Morgan fingerprint density at radius 3 is 2.36 bits per heavy atom. The number of pyridine rings is 1. The highest BCUT2D eigenvalue weighted by Gasteiger charge is 2.24. The van der Waals surface area contributed by atoms with Crippen LogP contribution in [0.5, 0.6) is 0 Å². The summed E-state index contributed by atoms with van der Waals surface area (Å²) in [4.78, 5) is 24.8. The van der Waals surface area contributed by atoms with Crippen molar-refractivity contribution in [2.45, 2.75) is 40.0 Å². The number of hydrogen-bond donors (Lipinski definition) is 2. The van der Waals surface area contributed by atoms with Crippen LogP contribution in [0.15, 0.2) is 43.0 Å². The summed E-state index contributed by atoms with van der Waals surface area (Å²) in [6, 6.07) is 5.66. The summed E-state index contributed by atoms with van der Waals surface area (Å²) < 4.78 is 0. The molecule has 6 heteroatoms. The predicted molar refractivity (Wildman–Crippen MR) is 110 cm³/mol. The second-order valence-corrected chi connectivity index (χ2v) is 7.90. The van der Waals surface area contributed by atoms with E-state index >= 15 is 0 Å². The van der Waals surface area contributed by atoms with E-state index in [1.165, 1.54) is 0 Å². The fourth-order valence-electron chi connectivity index (χ4n) is 3.16. The number of carboxylic acid groups (broad SMARTS) is 1. The molecule has 0 aliphatic rings. The number of aromatic carboxylic acids is 1. The molecule has 0 aliphatic carbocycles. The fraction of sp³-hybridized carbons (Fsp3) is 0.273. The van der Waals surface area contributed by atoms with Gasteiger partial charge in [-0.25, -0.2) is 4.79 Å². The minimum absolute atomic E-state index is 0.222. The summed E-state index contributed by atoms with van der Waals surface area (Å²) in [5.41, 5.74) is 5.58. The van der Waals surface area contributed by atoms with E-state index in [-0.39, 0.29) is 11.0 Å². The molecule has 2 N–H and O–H groups in total. The van der Waals surface area contributed by atoms with E-state index in [1.807, 2.05) is 26.0 Å². The Morgan fingerprint density at radius 2 is 1.79 bits per heavy atom. The highest BCUT2D eigenvalue weighted by atomic mass is 16.4. The van der Waals surface area contributed by atoms with E-state index in [1.54, 1.807) is 30.9 Å². The summed E-state index contributed by atoms with van der Waals surface area (Å²) in [6.07, 6.45) is 6.61. The van der Waals surface area contributed by atoms with Gasteiger partial charge >= 0.3 is 5.97 Å². The molecular formula is C22H24N4O2. The number of nitrogens with one attached hydrogen (secondary N) is 1. The van der Waals surface area contributed by atoms with Crippen molar-refractivity contribution in [3.05, 3.63) is 65.2 Å². The van der Waals surface area contributed by atoms with Crippen LogP contribution in [-0.4, -0.2) is 26.0 Å². The van der Waals surface area contributed by atoms with Crippen LogP contribution in [0.25, 0.3) is 11.4 Å². The van der Waals surface area contributed by atoms with Gasteiger partial charge in [-0.05, 0) is 48.1 Å². The Kier molecular flexibility index (Phi) is 5.14. The number of aryl methyl sites for hydroxylation is 2. The Hall–Kier alpha value is -3.28. The molecule has 2 aromatic heterocycles. The molecule has 0 atom stereocenters. The van der Waals surface area contributed by atoms with Crippen LogP contribution in [0, 0.1) is 13.8 Å². The number of hydrogen-bond acceptors (Lipinski definition) is 5. The molecule has 0 bridgehead atoms. The van der Waals surface area contributed by atoms with E-state index in [0.717, 1.165) is 28.1 Å². The van der Waals surface area contributed by atoms with Crippen LogP contribution in [-0.2, 0) is 5.41 Å². The molecule has 0 aliphatic heterocycles. The lowest BCUT2D eigenvalue weighted by Gasteiger charge is -2.26. The van der Waals surface area contributed by atoms with Crippen molar-refractivity contribution in [1.29, 1.82) is 0 Å². The summed E-state index contributed by atoms with van der Waals surface area (Å²) in [7, 11) is 0. The average Bonchev–Trinajstić information content (AvgIpc) is 2.62. The monoisotopic (exact) mass is 376 g/mol. The molecule has 2 heterocycles. The first-order valence-electron chi connectivity index (χ1n) is 9.05. The standard InChI is InChI=1S/C22H24N4O2/c1-13-8-16(21(27)28)20(17(9-13)22(3,4)5)26-15-10-14(2)19(25-11-15)18-12-23-6-7-24-18/h6-12,26H,1-5H3,(H,27,28). The lowest BCUT2D eigenvalue weighted by molar-refractivity contribution is 0.0697. The second kappa shape index (κ2) is 7.38. The molecule has 1 aromatic carbocycles. The van der Waals surface area contributed by atoms with Gasteiger partial charge in [-0.1, -0.05) is 26.8 Å². The van der Waals surface area contributed by atoms with Gasteiger partial charge in [0.1, 0.15) is 5.69 Å². The Labute approximate surface area is 164 Å². The number of anilines is 2. The lowest BCUT2D eigenvalue weighted by atomic mass is 9.83. The van der Waals surface area contributed by atoms with Crippen LogP contribution in [0.1, 0.15) is 47.8 Å². The van der Waals surface area contributed by atoms with Gasteiger partial charge in [-0.2, -0.15) is 0 Å². The van der Waals surface area contributed by atoms with Gasteiger partial charge in [-0.3, -0.25) is 15.0 Å². The molecule has 0 spiro atoms. The molecule has 0 fully saturated rings. The van der Waals surface area contributed by atoms with Crippen LogP contribution in [0.4, 0.5) is 11.4 Å². The van der Waals surface area contributed by atoms with Crippen molar-refractivity contribution >= 4 is 17.3 Å². The minimum atomic E-state index is -0.961. The first-order chi connectivity index (χ1) is 13.2. The largest absolute Gasteiger partial charge is 0.478 e. The van der Waals surface area contributed by atoms with E-state index in [2.05, 4.69) is 41.0 Å². The molecule has 3 rings (SSSR count). The maximum atomic E-state index is 11.9. The number of nitrogens with zero attached hydrogens (tertiary/aromatic N) is 3. The van der Waals surface area contributed by atoms with Crippen molar-refractivity contribution in [3.63, 3.8) is 0 Å². The molecule has 0 radical (unpaired) electrons. The quantitative estimate of drug-likeness (QED) is 0.674. The zero-order valence-electron chi connectivity index (χ0n) is 16.7. The maximum absolute atomic E-state index is 11.9. The van der Waals surface area contributed by atoms with Gasteiger partial charge < -0.3 is 10.4 Å². The van der Waals surface area contributed by atoms with E-state index < -0.39 is 5.97 Å². The topological polar surface area (TPSA) is 88.0 Å². The first kappa shape index (κ1) is 19.5. The smallest absolute Gasteiger partial charge is 0.337 e. The van der Waals surface area contributed by atoms with Crippen LogP contribution in [0.2, 0.25) is 0 Å². The van der Waals surface area contributed by atoms with Gasteiger partial charge in [0.05, 0.1) is 35.0 Å². The Balaban J connectivity index is 2.07. The van der Waals surface area contributed by atoms with Gasteiger partial charge in [-0.15, -0.1) is 0 Å². The van der Waals surface area contributed by atoms with E-state index in [0.29, 0.717) is 11.4 Å². The Bertz CT molecular complexity index is 1020. The van der Waals surface area contributed by atoms with Crippen molar-refractivity contribution in [2.75, 3.05) is 5.32 Å². The minimum Gasteiger partial charge on any atom is -0.478 e. The molecular weight excluding hydrogens is 352 g/mol. The molecule has 0 amide bonds. The number of aromatic nitrogens is 3. The maximum Gasteiger partial charge on any atom is 0.337 e. The second-order valence-electron chi connectivity index (χ2n) is 7.90. The molecule has 3 aromatic rings. The van der Waals surface area contributed by atoms with Crippen molar-refractivity contribution in [2.24, 2.45) is 0 Å². The highest BCUT2D eigenvalue weighted by molar-refractivity contribution is 5.96. The summed E-state index contributed by atoms with van der Waals surface area (Å²) >= 11 is 0. The van der Waals surface area contributed by atoms with Crippen LogP contribution >= 0.6 is 0 Å². The zero-order valence-corrected chi connectivity index (χ0v) is 16.7. The first-order valence-corrected chi connectivity index (χ1v) is 9.05. The van der Waals surface area contributed by atoms with Crippen molar-refractivity contribution in [1.82, 2.24) is 15.0 Å². The molecule has 0 saturated heterocycles. The molecule has 0 saturated carbocycles. The van der Waals surface area contributed by atoms with Gasteiger partial charge in [0.15, 0.2) is 0 Å². The fourth-order valence-corrected chi connectivity index (χ4v) is 3.16. The third-order valence-corrected chi connectivity index (χ3v) is 4.47. The lowest BCUT2D eigenvalue weighted by Crippen LogP contribution is -2.17. The molecule has 144 valence electrons. The molecule has 28 heavy (non-hydrogen) atoms. The van der Waals surface area contributed by atoms with Crippen LogP contribution in [0.3, 0.4) is 0 Å². The summed E-state index contributed by atoms with van der Waals surface area (Å²) in [5, 5.41) is 13.0. The Morgan fingerprint density at radius 1 is 1.04 bits per heavy atom. The molecule has 0 unspecified atom stereocenters. The van der Waals surface area contributed by atoms with E-state index in [9.17, 15) is 9.90 Å². The summed E-state index contributed by atoms with van der Waals surface area (Å²) in [5.74, 6) is -0.961.